The summed E-state index contributed by atoms with van der Waals surface area (Å²) in [6.07, 6.45) is 5.07. The zero-order valence-electron chi connectivity index (χ0n) is 9.43. The standard InChI is InChI=1S/C11H23N3O/c12-6-2-8-14-11(15)5-4-10-3-1-7-13-9-10/h10,13H,1-9,12H2,(H,14,15). The Balaban J connectivity index is 2.00. The Morgan fingerprint density at radius 2 is 2.40 bits per heavy atom. The molecule has 15 heavy (non-hydrogen) atoms. The summed E-state index contributed by atoms with van der Waals surface area (Å²) in [6.45, 7) is 3.58. The molecule has 1 saturated heterocycles. The summed E-state index contributed by atoms with van der Waals surface area (Å²) < 4.78 is 0. The van der Waals surface area contributed by atoms with Crippen molar-refractivity contribution in [1.82, 2.24) is 10.6 Å². The van der Waals surface area contributed by atoms with Crippen molar-refractivity contribution in [3.63, 3.8) is 0 Å². The van der Waals surface area contributed by atoms with Crippen LogP contribution in [0.2, 0.25) is 0 Å². The maximum absolute atomic E-state index is 11.4. The molecule has 1 aliphatic rings. The summed E-state index contributed by atoms with van der Waals surface area (Å²) in [5.41, 5.74) is 5.35. The fraction of sp³-hybridized carbons (Fsp3) is 0.909. The minimum atomic E-state index is 0.175. The van der Waals surface area contributed by atoms with Crippen LogP contribution in [0.5, 0.6) is 0 Å². The molecule has 0 radical (unpaired) electrons. The molecule has 4 nitrogen and oxygen atoms in total. The highest BCUT2D eigenvalue weighted by atomic mass is 16.1. The van der Waals surface area contributed by atoms with Crippen LogP contribution in [0.25, 0.3) is 0 Å². The van der Waals surface area contributed by atoms with E-state index in [-0.39, 0.29) is 5.91 Å². The second-order valence-electron chi connectivity index (χ2n) is 4.24. The van der Waals surface area contributed by atoms with E-state index in [0.29, 0.717) is 18.9 Å². The van der Waals surface area contributed by atoms with E-state index >= 15 is 0 Å². The molecule has 1 aliphatic heterocycles. The molecule has 0 aromatic carbocycles. The third-order valence-corrected chi connectivity index (χ3v) is 2.88. The lowest BCUT2D eigenvalue weighted by atomic mass is 9.94. The van der Waals surface area contributed by atoms with Crippen LogP contribution in [-0.4, -0.2) is 32.1 Å². The summed E-state index contributed by atoms with van der Waals surface area (Å²) >= 11 is 0. The molecule has 0 aromatic rings. The fourth-order valence-electron chi connectivity index (χ4n) is 1.92. The van der Waals surface area contributed by atoms with Crippen molar-refractivity contribution in [3.8, 4) is 0 Å². The summed E-state index contributed by atoms with van der Waals surface area (Å²) in [6, 6.07) is 0. The molecule has 1 unspecified atom stereocenters. The van der Waals surface area contributed by atoms with E-state index in [2.05, 4.69) is 10.6 Å². The monoisotopic (exact) mass is 213 g/mol. The number of piperidine rings is 1. The summed E-state index contributed by atoms with van der Waals surface area (Å²) in [5, 5.41) is 6.25. The van der Waals surface area contributed by atoms with Gasteiger partial charge in [0, 0.05) is 13.0 Å². The number of hydrogen-bond acceptors (Lipinski definition) is 3. The van der Waals surface area contributed by atoms with Gasteiger partial charge in [-0.3, -0.25) is 4.79 Å². The van der Waals surface area contributed by atoms with E-state index in [4.69, 9.17) is 5.73 Å². The number of nitrogens with one attached hydrogen (secondary N) is 2. The first kappa shape index (κ1) is 12.5. The Kier molecular flexibility index (Phi) is 6.36. The first-order valence-electron chi connectivity index (χ1n) is 6.00. The first-order valence-corrected chi connectivity index (χ1v) is 6.00. The molecule has 1 rings (SSSR count). The molecule has 1 amide bonds. The third-order valence-electron chi connectivity index (χ3n) is 2.88. The molecule has 0 saturated carbocycles. The lowest BCUT2D eigenvalue weighted by Crippen LogP contribution is -2.31. The topological polar surface area (TPSA) is 67.1 Å². The average molecular weight is 213 g/mol. The number of carbonyl (C=O) groups excluding carboxylic acids is 1. The van der Waals surface area contributed by atoms with Gasteiger partial charge in [-0.15, -0.1) is 0 Å². The lowest BCUT2D eigenvalue weighted by molar-refractivity contribution is -0.121. The van der Waals surface area contributed by atoms with Gasteiger partial charge in [-0.2, -0.15) is 0 Å². The number of nitrogens with two attached hydrogens (primary N) is 1. The summed E-state index contributed by atoms with van der Waals surface area (Å²) in [4.78, 5) is 11.4. The van der Waals surface area contributed by atoms with Crippen molar-refractivity contribution in [2.45, 2.75) is 32.1 Å². The van der Waals surface area contributed by atoms with Gasteiger partial charge in [0.05, 0.1) is 0 Å². The Morgan fingerprint density at radius 1 is 1.53 bits per heavy atom. The van der Waals surface area contributed by atoms with Crippen LogP contribution < -0.4 is 16.4 Å². The van der Waals surface area contributed by atoms with Gasteiger partial charge in [-0.25, -0.2) is 0 Å². The van der Waals surface area contributed by atoms with Crippen LogP contribution in [0, 0.1) is 5.92 Å². The third kappa shape index (κ3) is 5.74. The van der Waals surface area contributed by atoms with Crippen LogP contribution in [0.3, 0.4) is 0 Å². The van der Waals surface area contributed by atoms with Crippen molar-refractivity contribution in [3.05, 3.63) is 0 Å². The van der Waals surface area contributed by atoms with Gasteiger partial charge in [0.2, 0.25) is 5.91 Å². The number of rotatable bonds is 6. The summed E-state index contributed by atoms with van der Waals surface area (Å²) in [5.74, 6) is 0.869. The van der Waals surface area contributed by atoms with Crippen LogP contribution in [0.4, 0.5) is 0 Å². The Labute approximate surface area is 92.0 Å². The second kappa shape index (κ2) is 7.65. The maximum atomic E-state index is 11.4. The second-order valence-corrected chi connectivity index (χ2v) is 4.24. The van der Waals surface area contributed by atoms with Gasteiger partial charge in [-0.1, -0.05) is 0 Å². The molecule has 1 atom stereocenters. The Morgan fingerprint density at radius 3 is 3.07 bits per heavy atom. The molecule has 0 aliphatic carbocycles. The van der Waals surface area contributed by atoms with Crippen molar-refractivity contribution in [2.75, 3.05) is 26.2 Å². The van der Waals surface area contributed by atoms with Crippen molar-refractivity contribution in [1.29, 1.82) is 0 Å². The molecule has 88 valence electrons. The van der Waals surface area contributed by atoms with Gasteiger partial charge in [-0.05, 0) is 51.2 Å². The van der Waals surface area contributed by atoms with Crippen LogP contribution >= 0.6 is 0 Å². The minimum Gasteiger partial charge on any atom is -0.356 e. The largest absolute Gasteiger partial charge is 0.356 e. The zero-order chi connectivity index (χ0) is 10.9. The fourth-order valence-corrected chi connectivity index (χ4v) is 1.92. The SMILES string of the molecule is NCCCNC(=O)CCC1CCCNC1. The Hall–Kier alpha value is -0.610. The van der Waals surface area contributed by atoms with Gasteiger partial charge >= 0.3 is 0 Å². The average Bonchev–Trinajstić information content (AvgIpc) is 2.28. The maximum Gasteiger partial charge on any atom is 0.220 e. The predicted octanol–water partition coefficient (Wildman–Crippen LogP) is 0.231. The molecule has 1 heterocycles. The van der Waals surface area contributed by atoms with Crippen molar-refractivity contribution >= 4 is 5.91 Å². The van der Waals surface area contributed by atoms with Gasteiger partial charge in [0.15, 0.2) is 0 Å². The molecule has 4 N–H and O–H groups in total. The molecule has 1 fully saturated rings. The normalized spacial score (nSPS) is 21.3. The zero-order valence-corrected chi connectivity index (χ0v) is 9.43. The molecular weight excluding hydrogens is 190 g/mol. The number of carbonyl (C=O) groups is 1. The highest BCUT2D eigenvalue weighted by Crippen LogP contribution is 2.15. The Bertz CT molecular complexity index is 179. The van der Waals surface area contributed by atoms with E-state index in [1.165, 1.54) is 12.8 Å². The molecule has 4 heteroatoms. The number of hydrogen-bond donors (Lipinski definition) is 3. The highest BCUT2D eigenvalue weighted by Gasteiger charge is 2.13. The highest BCUT2D eigenvalue weighted by molar-refractivity contribution is 5.75. The quantitative estimate of drug-likeness (QED) is 0.553. The van der Waals surface area contributed by atoms with E-state index in [0.717, 1.165) is 32.5 Å². The van der Waals surface area contributed by atoms with E-state index in [9.17, 15) is 4.79 Å². The van der Waals surface area contributed by atoms with Gasteiger partial charge in [0.1, 0.15) is 0 Å². The predicted molar refractivity (Wildman–Crippen MR) is 61.5 cm³/mol. The van der Waals surface area contributed by atoms with E-state index < -0.39 is 0 Å². The van der Waals surface area contributed by atoms with E-state index in [1.54, 1.807) is 0 Å². The molecule has 0 aromatic heterocycles. The molecular formula is C11H23N3O. The molecule has 0 spiro atoms. The smallest absolute Gasteiger partial charge is 0.220 e. The lowest BCUT2D eigenvalue weighted by Gasteiger charge is -2.22. The molecule has 0 bridgehead atoms. The van der Waals surface area contributed by atoms with Gasteiger partial charge in [0.25, 0.3) is 0 Å². The van der Waals surface area contributed by atoms with Crippen LogP contribution in [-0.2, 0) is 4.79 Å². The minimum absolute atomic E-state index is 0.175. The summed E-state index contributed by atoms with van der Waals surface area (Å²) in [7, 11) is 0. The van der Waals surface area contributed by atoms with Gasteiger partial charge < -0.3 is 16.4 Å². The van der Waals surface area contributed by atoms with Crippen LogP contribution in [0.1, 0.15) is 32.1 Å². The van der Waals surface area contributed by atoms with Crippen molar-refractivity contribution in [2.24, 2.45) is 11.7 Å². The van der Waals surface area contributed by atoms with E-state index in [1.807, 2.05) is 0 Å². The van der Waals surface area contributed by atoms with Crippen LogP contribution in [0.15, 0.2) is 0 Å². The number of amides is 1. The first-order chi connectivity index (χ1) is 7.33. The van der Waals surface area contributed by atoms with Crippen molar-refractivity contribution < 1.29 is 4.79 Å².